The standard InChI is InChI=1S/C14H15N3O4/c1-7-13(19)17-10-6-8(2-4-11(10)21-7)15-14(20)9-3-5-12(18)16-9/h2,4,6-7,9H,3,5H2,1H3,(H,15,20)(H,16,18)(H,17,19)/t7-,9+/m0/s1. The topological polar surface area (TPSA) is 96.5 Å². The molecule has 0 spiro atoms. The van der Waals surface area contributed by atoms with Crippen molar-refractivity contribution >= 4 is 29.1 Å². The van der Waals surface area contributed by atoms with Crippen LogP contribution in [0.5, 0.6) is 5.75 Å². The summed E-state index contributed by atoms with van der Waals surface area (Å²) in [7, 11) is 0. The van der Waals surface area contributed by atoms with E-state index in [1.165, 1.54) is 0 Å². The number of anilines is 2. The van der Waals surface area contributed by atoms with E-state index in [-0.39, 0.29) is 17.7 Å². The molecule has 3 N–H and O–H groups in total. The van der Waals surface area contributed by atoms with E-state index in [2.05, 4.69) is 16.0 Å². The summed E-state index contributed by atoms with van der Waals surface area (Å²) in [6.45, 7) is 1.66. The van der Waals surface area contributed by atoms with Gasteiger partial charge in [0.15, 0.2) is 6.10 Å². The number of fused-ring (bicyclic) bond motifs is 1. The molecule has 1 aromatic rings. The number of benzene rings is 1. The Labute approximate surface area is 121 Å². The van der Waals surface area contributed by atoms with Crippen molar-refractivity contribution in [2.45, 2.75) is 31.9 Å². The summed E-state index contributed by atoms with van der Waals surface area (Å²) in [6, 6.07) is 4.51. The molecule has 110 valence electrons. The normalized spacial score (nSPS) is 23.7. The molecule has 0 aliphatic carbocycles. The van der Waals surface area contributed by atoms with Crippen molar-refractivity contribution in [3.8, 4) is 5.75 Å². The van der Waals surface area contributed by atoms with Gasteiger partial charge in [0.25, 0.3) is 5.91 Å². The minimum atomic E-state index is -0.536. The SMILES string of the molecule is C[C@@H]1Oc2ccc(NC(=O)[C@H]3CCC(=O)N3)cc2NC1=O. The number of nitrogens with one attached hydrogen (secondary N) is 3. The first-order valence-corrected chi connectivity index (χ1v) is 6.75. The van der Waals surface area contributed by atoms with Gasteiger partial charge in [-0.05, 0) is 31.5 Å². The summed E-state index contributed by atoms with van der Waals surface area (Å²) < 4.78 is 5.44. The van der Waals surface area contributed by atoms with Gasteiger partial charge in [-0.1, -0.05) is 0 Å². The molecule has 21 heavy (non-hydrogen) atoms. The summed E-state index contributed by atoms with van der Waals surface area (Å²) in [5.41, 5.74) is 1.06. The third-order valence-corrected chi connectivity index (χ3v) is 3.49. The zero-order valence-electron chi connectivity index (χ0n) is 11.4. The van der Waals surface area contributed by atoms with Gasteiger partial charge in [0.05, 0.1) is 5.69 Å². The van der Waals surface area contributed by atoms with E-state index in [1.807, 2.05) is 0 Å². The van der Waals surface area contributed by atoms with Crippen LogP contribution in [0.2, 0.25) is 0 Å². The van der Waals surface area contributed by atoms with Crippen LogP contribution in [-0.4, -0.2) is 29.9 Å². The predicted molar refractivity (Wildman–Crippen MR) is 75.0 cm³/mol. The van der Waals surface area contributed by atoms with Crippen molar-refractivity contribution < 1.29 is 19.1 Å². The fraction of sp³-hybridized carbons (Fsp3) is 0.357. The molecule has 2 heterocycles. The summed E-state index contributed by atoms with van der Waals surface area (Å²) in [4.78, 5) is 34.7. The van der Waals surface area contributed by atoms with Crippen LogP contribution in [0.15, 0.2) is 18.2 Å². The van der Waals surface area contributed by atoms with Crippen molar-refractivity contribution in [1.82, 2.24) is 5.32 Å². The molecular weight excluding hydrogens is 274 g/mol. The molecule has 2 aliphatic rings. The summed E-state index contributed by atoms with van der Waals surface area (Å²) >= 11 is 0. The van der Waals surface area contributed by atoms with E-state index in [1.54, 1.807) is 25.1 Å². The molecule has 0 bridgehead atoms. The molecule has 2 atom stereocenters. The third-order valence-electron chi connectivity index (χ3n) is 3.49. The number of ether oxygens (including phenoxy) is 1. The average Bonchev–Trinajstić information content (AvgIpc) is 2.87. The number of carbonyl (C=O) groups excluding carboxylic acids is 3. The molecule has 7 nitrogen and oxygen atoms in total. The number of hydrogen-bond donors (Lipinski definition) is 3. The second kappa shape index (κ2) is 5.08. The molecular formula is C14H15N3O4. The molecule has 2 aliphatic heterocycles. The summed E-state index contributed by atoms with van der Waals surface area (Å²) in [5.74, 6) is -0.0456. The van der Waals surface area contributed by atoms with Gasteiger partial charge >= 0.3 is 0 Å². The highest BCUT2D eigenvalue weighted by atomic mass is 16.5. The van der Waals surface area contributed by atoms with Gasteiger partial charge in [-0.15, -0.1) is 0 Å². The highest BCUT2D eigenvalue weighted by Gasteiger charge is 2.28. The summed E-state index contributed by atoms with van der Waals surface area (Å²) in [6.07, 6.45) is 0.323. The average molecular weight is 289 g/mol. The van der Waals surface area contributed by atoms with Gasteiger partial charge in [-0.25, -0.2) is 0 Å². The second-order valence-electron chi connectivity index (χ2n) is 5.11. The lowest BCUT2D eigenvalue weighted by molar-refractivity contribution is -0.123. The first-order chi connectivity index (χ1) is 10.0. The molecule has 1 aromatic carbocycles. The predicted octanol–water partition coefficient (Wildman–Crippen LogP) is 0.623. The van der Waals surface area contributed by atoms with Gasteiger partial charge in [0.2, 0.25) is 11.8 Å². The molecule has 0 saturated carbocycles. The quantitative estimate of drug-likeness (QED) is 0.743. The Kier molecular flexibility index (Phi) is 3.25. The molecule has 0 radical (unpaired) electrons. The van der Waals surface area contributed by atoms with E-state index in [4.69, 9.17) is 4.74 Å². The molecule has 1 saturated heterocycles. The lowest BCUT2D eigenvalue weighted by atomic mass is 10.2. The monoisotopic (exact) mass is 289 g/mol. The van der Waals surface area contributed by atoms with Gasteiger partial charge < -0.3 is 20.7 Å². The van der Waals surface area contributed by atoms with Crippen molar-refractivity contribution in [1.29, 1.82) is 0 Å². The fourth-order valence-electron chi connectivity index (χ4n) is 2.33. The van der Waals surface area contributed by atoms with Gasteiger partial charge in [-0.3, -0.25) is 14.4 Å². The van der Waals surface area contributed by atoms with Crippen LogP contribution >= 0.6 is 0 Å². The minimum Gasteiger partial charge on any atom is -0.479 e. The number of carbonyl (C=O) groups is 3. The van der Waals surface area contributed by atoms with E-state index in [9.17, 15) is 14.4 Å². The zero-order valence-corrected chi connectivity index (χ0v) is 11.4. The number of hydrogen-bond acceptors (Lipinski definition) is 4. The lowest BCUT2D eigenvalue weighted by Gasteiger charge is -2.23. The van der Waals surface area contributed by atoms with Crippen LogP contribution in [0.4, 0.5) is 11.4 Å². The maximum atomic E-state index is 12.0. The van der Waals surface area contributed by atoms with E-state index >= 15 is 0 Å². The van der Waals surface area contributed by atoms with Crippen LogP contribution < -0.4 is 20.7 Å². The largest absolute Gasteiger partial charge is 0.479 e. The minimum absolute atomic E-state index is 0.116. The van der Waals surface area contributed by atoms with Crippen LogP contribution in [0, 0.1) is 0 Å². The Hall–Kier alpha value is -2.57. The van der Waals surface area contributed by atoms with Crippen LogP contribution in [0.25, 0.3) is 0 Å². The van der Waals surface area contributed by atoms with E-state index < -0.39 is 12.1 Å². The molecule has 1 fully saturated rings. The zero-order chi connectivity index (χ0) is 15.0. The molecule has 0 unspecified atom stereocenters. The number of amides is 3. The van der Waals surface area contributed by atoms with E-state index in [0.717, 1.165) is 0 Å². The molecule has 3 amide bonds. The van der Waals surface area contributed by atoms with Crippen LogP contribution in [-0.2, 0) is 14.4 Å². The van der Waals surface area contributed by atoms with Crippen molar-refractivity contribution in [3.05, 3.63) is 18.2 Å². The molecule has 7 heteroatoms. The van der Waals surface area contributed by atoms with Crippen molar-refractivity contribution in [2.75, 3.05) is 10.6 Å². The van der Waals surface area contributed by atoms with Crippen LogP contribution in [0.3, 0.4) is 0 Å². The fourth-order valence-corrected chi connectivity index (χ4v) is 2.33. The number of rotatable bonds is 2. The first kappa shape index (κ1) is 13.4. The Bertz CT molecular complexity index is 629. The molecule has 0 aromatic heterocycles. The third kappa shape index (κ3) is 2.67. The molecule has 3 rings (SSSR count). The van der Waals surface area contributed by atoms with Gasteiger partial charge in [-0.2, -0.15) is 0 Å². The Morgan fingerprint density at radius 1 is 1.38 bits per heavy atom. The summed E-state index contributed by atoms with van der Waals surface area (Å²) in [5, 5.41) is 8.04. The highest BCUT2D eigenvalue weighted by molar-refractivity contribution is 6.01. The van der Waals surface area contributed by atoms with Crippen molar-refractivity contribution in [2.24, 2.45) is 0 Å². The Morgan fingerprint density at radius 2 is 2.19 bits per heavy atom. The Morgan fingerprint density at radius 3 is 2.90 bits per heavy atom. The smallest absolute Gasteiger partial charge is 0.265 e. The lowest BCUT2D eigenvalue weighted by Crippen LogP contribution is -2.37. The van der Waals surface area contributed by atoms with Crippen molar-refractivity contribution in [3.63, 3.8) is 0 Å². The van der Waals surface area contributed by atoms with E-state index in [0.29, 0.717) is 30.0 Å². The Balaban J connectivity index is 1.72. The highest BCUT2D eigenvalue weighted by Crippen LogP contribution is 2.32. The van der Waals surface area contributed by atoms with Gasteiger partial charge in [0.1, 0.15) is 11.8 Å². The van der Waals surface area contributed by atoms with Crippen LogP contribution in [0.1, 0.15) is 19.8 Å². The maximum absolute atomic E-state index is 12.0. The van der Waals surface area contributed by atoms with Gasteiger partial charge in [0, 0.05) is 12.1 Å². The second-order valence-corrected chi connectivity index (χ2v) is 5.11. The first-order valence-electron chi connectivity index (χ1n) is 6.75. The maximum Gasteiger partial charge on any atom is 0.265 e.